The summed E-state index contributed by atoms with van der Waals surface area (Å²) in [7, 11) is 0. The van der Waals surface area contributed by atoms with Gasteiger partial charge in [0.05, 0.1) is 12.1 Å². The summed E-state index contributed by atoms with van der Waals surface area (Å²) in [4.78, 5) is 18.2. The molecule has 5 heteroatoms. The average molecular weight is 413 g/mol. The SMILES string of the molecule is CC(OCc1ccccc1)C(=O)N1CCc2[nH]c3c(Br)cccc3c2C1. The molecule has 2 heterocycles. The number of hydrogen-bond acceptors (Lipinski definition) is 2. The minimum absolute atomic E-state index is 0.0518. The van der Waals surface area contributed by atoms with Crippen molar-refractivity contribution in [3.05, 3.63) is 69.8 Å². The number of ether oxygens (including phenoxy) is 1. The number of amides is 1. The van der Waals surface area contributed by atoms with Gasteiger partial charge < -0.3 is 14.6 Å². The lowest BCUT2D eigenvalue weighted by molar-refractivity contribution is -0.144. The first-order valence-electron chi connectivity index (χ1n) is 8.85. The Bertz CT molecular complexity index is 936. The molecule has 134 valence electrons. The van der Waals surface area contributed by atoms with Crippen molar-refractivity contribution >= 4 is 32.7 Å². The molecule has 26 heavy (non-hydrogen) atoms. The molecule has 4 rings (SSSR count). The molecule has 0 spiro atoms. The third-order valence-electron chi connectivity index (χ3n) is 4.96. The first-order valence-corrected chi connectivity index (χ1v) is 9.65. The zero-order valence-electron chi connectivity index (χ0n) is 14.7. The van der Waals surface area contributed by atoms with E-state index >= 15 is 0 Å². The molecule has 0 saturated heterocycles. The van der Waals surface area contributed by atoms with Gasteiger partial charge in [-0.25, -0.2) is 0 Å². The molecule has 2 aromatic carbocycles. The minimum atomic E-state index is -0.450. The standard InChI is InChI=1S/C21H21BrN2O2/c1-14(26-13-15-6-3-2-4-7-15)21(25)24-11-10-19-17(12-24)16-8-5-9-18(22)20(16)23-19/h2-9,14,23H,10-13H2,1H3. The average Bonchev–Trinajstić information content (AvgIpc) is 3.06. The van der Waals surface area contributed by atoms with Gasteiger partial charge in [-0.3, -0.25) is 4.79 Å². The van der Waals surface area contributed by atoms with E-state index in [0.717, 1.165) is 28.5 Å². The van der Waals surface area contributed by atoms with Crippen LogP contribution >= 0.6 is 15.9 Å². The van der Waals surface area contributed by atoms with E-state index < -0.39 is 6.10 Å². The number of carbonyl (C=O) groups excluding carboxylic acids is 1. The molecule has 0 aliphatic carbocycles. The van der Waals surface area contributed by atoms with Crippen molar-refractivity contribution in [3.8, 4) is 0 Å². The highest BCUT2D eigenvalue weighted by molar-refractivity contribution is 9.10. The highest BCUT2D eigenvalue weighted by Crippen LogP contribution is 2.32. The van der Waals surface area contributed by atoms with Gasteiger partial charge in [0.25, 0.3) is 5.91 Å². The summed E-state index contributed by atoms with van der Waals surface area (Å²) in [5.41, 5.74) is 4.64. The second-order valence-corrected chi connectivity index (χ2v) is 7.55. The Balaban J connectivity index is 1.47. The predicted molar refractivity (Wildman–Crippen MR) is 106 cm³/mol. The molecule has 1 aliphatic heterocycles. The molecular formula is C21H21BrN2O2. The molecule has 4 nitrogen and oxygen atoms in total. The first kappa shape index (κ1) is 17.3. The van der Waals surface area contributed by atoms with Gasteiger partial charge in [0.1, 0.15) is 6.10 Å². The monoisotopic (exact) mass is 412 g/mol. The summed E-state index contributed by atoms with van der Waals surface area (Å²) in [6.07, 6.45) is 0.391. The van der Waals surface area contributed by atoms with E-state index in [9.17, 15) is 4.79 Å². The quantitative estimate of drug-likeness (QED) is 0.688. The number of halogens is 1. The number of aromatic amines is 1. The second kappa shape index (κ2) is 7.25. The lowest BCUT2D eigenvalue weighted by Gasteiger charge is -2.29. The Morgan fingerprint density at radius 3 is 2.85 bits per heavy atom. The van der Waals surface area contributed by atoms with Crippen molar-refractivity contribution < 1.29 is 9.53 Å². The molecule has 1 N–H and O–H groups in total. The van der Waals surface area contributed by atoms with Crippen LogP contribution in [0.1, 0.15) is 23.7 Å². The number of nitrogens with one attached hydrogen (secondary N) is 1. The minimum Gasteiger partial charge on any atom is -0.364 e. The van der Waals surface area contributed by atoms with Crippen LogP contribution in [0, 0.1) is 0 Å². The fourth-order valence-electron chi connectivity index (χ4n) is 3.51. The Morgan fingerprint density at radius 2 is 2.04 bits per heavy atom. The second-order valence-electron chi connectivity index (χ2n) is 6.69. The summed E-state index contributed by atoms with van der Waals surface area (Å²) >= 11 is 3.60. The zero-order chi connectivity index (χ0) is 18.1. The molecule has 0 radical (unpaired) electrons. The lowest BCUT2D eigenvalue weighted by Crippen LogP contribution is -2.41. The molecule has 0 bridgehead atoms. The summed E-state index contributed by atoms with van der Waals surface area (Å²) in [5.74, 6) is 0.0518. The van der Waals surface area contributed by atoms with Gasteiger partial charge in [-0.2, -0.15) is 0 Å². The van der Waals surface area contributed by atoms with Crippen molar-refractivity contribution in [2.45, 2.75) is 32.6 Å². The van der Waals surface area contributed by atoms with E-state index in [-0.39, 0.29) is 5.91 Å². The Morgan fingerprint density at radius 1 is 1.23 bits per heavy atom. The zero-order valence-corrected chi connectivity index (χ0v) is 16.3. The van der Waals surface area contributed by atoms with Crippen molar-refractivity contribution in [2.24, 2.45) is 0 Å². The van der Waals surface area contributed by atoms with Crippen molar-refractivity contribution in [1.29, 1.82) is 0 Å². The fraction of sp³-hybridized carbons (Fsp3) is 0.286. The molecular weight excluding hydrogens is 392 g/mol. The summed E-state index contributed by atoms with van der Waals surface area (Å²) in [5, 5.41) is 1.18. The number of rotatable bonds is 4. The van der Waals surface area contributed by atoms with Gasteiger partial charge in [-0.05, 0) is 34.5 Å². The van der Waals surface area contributed by atoms with E-state index in [0.29, 0.717) is 13.2 Å². The van der Waals surface area contributed by atoms with Gasteiger partial charge >= 0.3 is 0 Å². The molecule has 1 atom stereocenters. The van der Waals surface area contributed by atoms with Crippen LogP contribution in [-0.2, 0) is 29.1 Å². The van der Waals surface area contributed by atoms with E-state index in [4.69, 9.17) is 4.74 Å². The number of aromatic nitrogens is 1. The summed E-state index contributed by atoms with van der Waals surface area (Å²) < 4.78 is 6.87. The Kier molecular flexibility index (Phi) is 4.83. The highest BCUT2D eigenvalue weighted by Gasteiger charge is 2.27. The summed E-state index contributed by atoms with van der Waals surface area (Å²) in [6.45, 7) is 3.64. The largest absolute Gasteiger partial charge is 0.364 e. The number of benzene rings is 2. The Labute approximate surface area is 161 Å². The number of carbonyl (C=O) groups is 1. The maximum atomic E-state index is 12.8. The number of H-pyrrole nitrogens is 1. The van der Waals surface area contributed by atoms with Crippen molar-refractivity contribution in [2.75, 3.05) is 6.54 Å². The van der Waals surface area contributed by atoms with Gasteiger partial charge in [0.15, 0.2) is 0 Å². The van der Waals surface area contributed by atoms with Crippen LogP contribution in [0.15, 0.2) is 53.0 Å². The summed E-state index contributed by atoms with van der Waals surface area (Å²) in [6, 6.07) is 16.1. The third kappa shape index (κ3) is 3.29. The van der Waals surface area contributed by atoms with Crippen LogP contribution in [-0.4, -0.2) is 28.4 Å². The van der Waals surface area contributed by atoms with Gasteiger partial charge in [0, 0.05) is 40.6 Å². The molecule has 1 aromatic heterocycles. The van der Waals surface area contributed by atoms with Crippen LogP contribution in [0.4, 0.5) is 0 Å². The Hall–Kier alpha value is -2.11. The van der Waals surface area contributed by atoms with Crippen LogP contribution in [0.2, 0.25) is 0 Å². The topological polar surface area (TPSA) is 45.3 Å². The molecule has 3 aromatic rings. The van der Waals surface area contributed by atoms with Crippen molar-refractivity contribution in [1.82, 2.24) is 9.88 Å². The molecule has 1 unspecified atom stereocenters. The number of fused-ring (bicyclic) bond motifs is 3. The van der Waals surface area contributed by atoms with Crippen LogP contribution in [0.5, 0.6) is 0 Å². The predicted octanol–water partition coefficient (Wildman–Crippen LogP) is 4.42. The molecule has 1 amide bonds. The van der Waals surface area contributed by atoms with Crippen LogP contribution in [0.3, 0.4) is 0 Å². The van der Waals surface area contributed by atoms with E-state index in [1.54, 1.807) is 0 Å². The maximum Gasteiger partial charge on any atom is 0.251 e. The fourth-order valence-corrected chi connectivity index (χ4v) is 3.98. The number of para-hydroxylation sites is 1. The van der Waals surface area contributed by atoms with E-state index in [1.165, 1.54) is 16.6 Å². The van der Waals surface area contributed by atoms with Crippen molar-refractivity contribution in [3.63, 3.8) is 0 Å². The lowest BCUT2D eigenvalue weighted by atomic mass is 10.0. The molecule has 1 aliphatic rings. The van der Waals surface area contributed by atoms with E-state index in [1.807, 2.05) is 54.3 Å². The maximum absolute atomic E-state index is 12.8. The van der Waals surface area contributed by atoms with Gasteiger partial charge in [-0.15, -0.1) is 0 Å². The number of nitrogens with zero attached hydrogens (tertiary/aromatic N) is 1. The van der Waals surface area contributed by atoms with Crippen LogP contribution < -0.4 is 0 Å². The first-order chi connectivity index (χ1) is 12.6. The normalized spacial score (nSPS) is 15.1. The van der Waals surface area contributed by atoms with E-state index in [2.05, 4.69) is 27.0 Å². The number of hydrogen-bond donors (Lipinski definition) is 1. The smallest absolute Gasteiger partial charge is 0.251 e. The van der Waals surface area contributed by atoms with Crippen LogP contribution in [0.25, 0.3) is 10.9 Å². The van der Waals surface area contributed by atoms with Gasteiger partial charge in [0.2, 0.25) is 0 Å². The molecule has 0 fully saturated rings. The highest BCUT2D eigenvalue weighted by atomic mass is 79.9. The molecule has 0 saturated carbocycles. The third-order valence-corrected chi connectivity index (χ3v) is 5.62. The van der Waals surface area contributed by atoms with Gasteiger partial charge in [-0.1, -0.05) is 42.5 Å².